The fourth-order valence-corrected chi connectivity index (χ4v) is 2.49. The maximum Gasteiger partial charge on any atom is 0.278 e. The van der Waals surface area contributed by atoms with Gasteiger partial charge in [-0.1, -0.05) is 18.2 Å². The smallest absolute Gasteiger partial charge is 0.278 e. The highest BCUT2D eigenvalue weighted by Crippen LogP contribution is 2.27. The largest absolute Gasteiger partial charge is 0.382 e. The molecule has 0 unspecified atom stereocenters. The molecule has 2 aromatic rings. The van der Waals surface area contributed by atoms with Crippen LogP contribution in [0.25, 0.3) is 0 Å². The van der Waals surface area contributed by atoms with Crippen LogP contribution in [-0.2, 0) is 6.42 Å². The first-order chi connectivity index (χ1) is 9.75. The number of amides is 1. The molecular formula is C15H16N4O. The maximum absolute atomic E-state index is 12.6. The molecule has 2 heterocycles. The van der Waals surface area contributed by atoms with Crippen molar-refractivity contribution in [3.63, 3.8) is 0 Å². The molecule has 1 aliphatic rings. The summed E-state index contributed by atoms with van der Waals surface area (Å²) in [6.45, 7) is 0.710. The van der Waals surface area contributed by atoms with Gasteiger partial charge in [0, 0.05) is 12.2 Å². The topological polar surface area (TPSA) is 72.1 Å². The van der Waals surface area contributed by atoms with E-state index in [2.05, 4.69) is 16.0 Å². The third-order valence-corrected chi connectivity index (χ3v) is 3.50. The van der Waals surface area contributed by atoms with E-state index in [-0.39, 0.29) is 5.91 Å². The highest BCUT2D eigenvalue weighted by atomic mass is 16.2. The summed E-state index contributed by atoms with van der Waals surface area (Å²) >= 11 is 0. The van der Waals surface area contributed by atoms with Crippen LogP contribution in [0.4, 0.5) is 11.5 Å². The van der Waals surface area contributed by atoms with E-state index in [1.165, 1.54) is 18.0 Å². The zero-order valence-corrected chi connectivity index (χ0v) is 11.1. The van der Waals surface area contributed by atoms with Gasteiger partial charge in [-0.15, -0.1) is 0 Å². The molecule has 0 fully saturated rings. The van der Waals surface area contributed by atoms with Crippen molar-refractivity contribution in [2.75, 3.05) is 17.2 Å². The molecule has 1 amide bonds. The normalized spacial score (nSPS) is 14.5. The predicted octanol–water partition coefficient (Wildman–Crippen LogP) is 2.04. The molecule has 0 spiro atoms. The molecule has 5 nitrogen and oxygen atoms in total. The van der Waals surface area contributed by atoms with Crippen LogP contribution in [0, 0.1) is 0 Å². The summed E-state index contributed by atoms with van der Waals surface area (Å²) < 4.78 is 0. The summed E-state index contributed by atoms with van der Waals surface area (Å²) in [6.07, 6.45) is 5.94. The van der Waals surface area contributed by atoms with Crippen molar-refractivity contribution in [2.24, 2.45) is 0 Å². The van der Waals surface area contributed by atoms with Gasteiger partial charge in [0.1, 0.15) is 11.5 Å². The number of hydrogen-bond acceptors (Lipinski definition) is 4. The number of benzene rings is 1. The van der Waals surface area contributed by atoms with Crippen LogP contribution in [0.5, 0.6) is 0 Å². The van der Waals surface area contributed by atoms with E-state index in [0.29, 0.717) is 18.1 Å². The Hall–Kier alpha value is -2.43. The lowest BCUT2D eigenvalue weighted by Crippen LogP contribution is -2.32. The Bertz CT molecular complexity index is 624. The second-order valence-corrected chi connectivity index (χ2v) is 4.87. The Morgan fingerprint density at radius 3 is 2.80 bits per heavy atom. The molecule has 0 atom stereocenters. The summed E-state index contributed by atoms with van der Waals surface area (Å²) in [4.78, 5) is 22.4. The molecule has 0 aliphatic carbocycles. The van der Waals surface area contributed by atoms with Crippen molar-refractivity contribution < 1.29 is 4.79 Å². The lowest BCUT2D eigenvalue weighted by molar-refractivity contribution is 0.0982. The average Bonchev–Trinajstić information content (AvgIpc) is 2.69. The van der Waals surface area contributed by atoms with Crippen LogP contribution in [0.3, 0.4) is 0 Å². The van der Waals surface area contributed by atoms with E-state index >= 15 is 0 Å². The zero-order valence-electron chi connectivity index (χ0n) is 11.1. The zero-order chi connectivity index (χ0) is 13.9. The first-order valence-corrected chi connectivity index (χ1v) is 6.73. The van der Waals surface area contributed by atoms with E-state index < -0.39 is 0 Å². The number of aryl methyl sites for hydroxylation is 1. The van der Waals surface area contributed by atoms with Crippen molar-refractivity contribution in [3.05, 3.63) is 47.9 Å². The van der Waals surface area contributed by atoms with Crippen LogP contribution in [0.15, 0.2) is 36.7 Å². The van der Waals surface area contributed by atoms with Crippen molar-refractivity contribution in [1.82, 2.24) is 9.97 Å². The molecule has 5 heteroatoms. The van der Waals surface area contributed by atoms with Crippen LogP contribution < -0.4 is 10.6 Å². The third-order valence-electron chi connectivity index (χ3n) is 3.50. The SMILES string of the molecule is Nc1cnc(C(=O)N2CCCCc3ccccc32)cn1. The molecular weight excluding hydrogens is 252 g/mol. The number of nitrogens with zero attached hydrogens (tertiary/aromatic N) is 3. The van der Waals surface area contributed by atoms with Gasteiger partial charge in [0.05, 0.1) is 12.4 Å². The minimum absolute atomic E-state index is 0.119. The summed E-state index contributed by atoms with van der Waals surface area (Å²) in [5.74, 6) is 0.199. The van der Waals surface area contributed by atoms with Crippen molar-refractivity contribution in [1.29, 1.82) is 0 Å². The fourth-order valence-electron chi connectivity index (χ4n) is 2.49. The van der Waals surface area contributed by atoms with Gasteiger partial charge in [-0.3, -0.25) is 4.79 Å². The highest BCUT2D eigenvalue weighted by molar-refractivity contribution is 6.05. The first-order valence-electron chi connectivity index (χ1n) is 6.73. The fraction of sp³-hybridized carbons (Fsp3) is 0.267. The second kappa shape index (κ2) is 5.28. The summed E-state index contributed by atoms with van der Waals surface area (Å²) in [6, 6.07) is 8.04. The standard InChI is InChI=1S/C15H16N4O/c16-14-10-17-12(9-18-14)15(20)19-8-4-3-6-11-5-1-2-7-13(11)19/h1-2,5,7,9-10H,3-4,6,8H2,(H2,16,18). The van der Waals surface area contributed by atoms with Gasteiger partial charge in [0.2, 0.25) is 0 Å². The van der Waals surface area contributed by atoms with Gasteiger partial charge in [-0.2, -0.15) is 0 Å². The third kappa shape index (κ3) is 2.34. The monoisotopic (exact) mass is 268 g/mol. The summed E-state index contributed by atoms with van der Waals surface area (Å²) in [5.41, 5.74) is 8.03. The van der Waals surface area contributed by atoms with Gasteiger partial charge in [0.25, 0.3) is 5.91 Å². The number of nitrogen functional groups attached to an aromatic ring is 1. The van der Waals surface area contributed by atoms with Gasteiger partial charge in [-0.05, 0) is 30.9 Å². The number of nitrogens with two attached hydrogens (primary N) is 1. The van der Waals surface area contributed by atoms with E-state index in [1.807, 2.05) is 18.2 Å². The maximum atomic E-state index is 12.6. The number of carbonyl (C=O) groups is 1. The first kappa shape index (κ1) is 12.6. The molecule has 0 bridgehead atoms. The lowest BCUT2D eigenvalue weighted by atomic mass is 10.1. The van der Waals surface area contributed by atoms with Gasteiger partial charge in [-0.25, -0.2) is 9.97 Å². The Morgan fingerprint density at radius 2 is 2.00 bits per heavy atom. The molecule has 0 radical (unpaired) electrons. The van der Waals surface area contributed by atoms with E-state index in [1.54, 1.807) is 4.90 Å². The molecule has 2 N–H and O–H groups in total. The number of carbonyl (C=O) groups excluding carboxylic acids is 1. The Labute approximate surface area is 117 Å². The summed E-state index contributed by atoms with van der Waals surface area (Å²) in [7, 11) is 0. The van der Waals surface area contributed by atoms with Crippen LogP contribution in [0.1, 0.15) is 28.9 Å². The quantitative estimate of drug-likeness (QED) is 0.859. The van der Waals surface area contributed by atoms with E-state index in [9.17, 15) is 4.79 Å². The number of aromatic nitrogens is 2. The van der Waals surface area contributed by atoms with Gasteiger partial charge in [0.15, 0.2) is 0 Å². The molecule has 1 aliphatic heterocycles. The van der Waals surface area contributed by atoms with Crippen LogP contribution in [0.2, 0.25) is 0 Å². The van der Waals surface area contributed by atoms with Gasteiger partial charge < -0.3 is 10.6 Å². The molecule has 1 aromatic carbocycles. The summed E-state index contributed by atoms with van der Waals surface area (Å²) in [5, 5.41) is 0. The molecule has 0 saturated heterocycles. The molecule has 1 aromatic heterocycles. The lowest BCUT2D eigenvalue weighted by Gasteiger charge is -2.22. The average molecular weight is 268 g/mol. The number of para-hydroxylation sites is 1. The van der Waals surface area contributed by atoms with E-state index in [4.69, 9.17) is 5.73 Å². The minimum atomic E-state index is -0.119. The number of anilines is 2. The highest BCUT2D eigenvalue weighted by Gasteiger charge is 2.23. The van der Waals surface area contributed by atoms with Crippen molar-refractivity contribution in [2.45, 2.75) is 19.3 Å². The number of fused-ring (bicyclic) bond motifs is 1. The second-order valence-electron chi connectivity index (χ2n) is 4.87. The van der Waals surface area contributed by atoms with E-state index in [0.717, 1.165) is 24.9 Å². The van der Waals surface area contributed by atoms with Crippen molar-refractivity contribution >= 4 is 17.4 Å². The Morgan fingerprint density at radius 1 is 1.15 bits per heavy atom. The minimum Gasteiger partial charge on any atom is -0.382 e. The molecule has 20 heavy (non-hydrogen) atoms. The van der Waals surface area contributed by atoms with Crippen molar-refractivity contribution in [3.8, 4) is 0 Å². The van der Waals surface area contributed by atoms with Crippen LogP contribution >= 0.6 is 0 Å². The number of hydrogen-bond donors (Lipinski definition) is 1. The molecule has 102 valence electrons. The molecule has 3 rings (SSSR count). The van der Waals surface area contributed by atoms with Crippen LogP contribution in [-0.4, -0.2) is 22.4 Å². The molecule has 0 saturated carbocycles. The predicted molar refractivity (Wildman–Crippen MR) is 77.5 cm³/mol. The Balaban J connectivity index is 1.97. The van der Waals surface area contributed by atoms with Gasteiger partial charge >= 0.3 is 0 Å². The Kier molecular flexibility index (Phi) is 3.33. The number of rotatable bonds is 1.